The van der Waals surface area contributed by atoms with E-state index in [9.17, 15) is 18.0 Å². The molecule has 0 saturated carbocycles. The molecule has 2 N–H and O–H groups in total. The number of fused-ring (bicyclic) bond motifs is 1. The number of aromatic nitrogens is 2. The summed E-state index contributed by atoms with van der Waals surface area (Å²) in [5, 5.41) is 12.2. The topological polar surface area (TPSA) is 59.0 Å². The van der Waals surface area contributed by atoms with Crippen molar-refractivity contribution < 1.29 is 18.0 Å². The lowest BCUT2D eigenvalue weighted by Gasteiger charge is -2.33. The molecule has 1 aromatic carbocycles. The van der Waals surface area contributed by atoms with E-state index >= 15 is 0 Å². The molecule has 0 aliphatic carbocycles. The molecule has 2 atom stereocenters. The molecular weight excluding hydrogens is 505 g/mol. The summed E-state index contributed by atoms with van der Waals surface area (Å²) < 4.78 is 42.4. The van der Waals surface area contributed by atoms with Gasteiger partial charge in [-0.15, -0.1) is 11.3 Å². The van der Waals surface area contributed by atoms with Crippen LogP contribution in [0.25, 0.3) is 0 Å². The molecule has 3 heterocycles. The molecule has 30 heavy (non-hydrogen) atoms. The number of hydrogen-bond acceptors (Lipinski definition) is 4. The molecular formula is C19H15BrClF3N4OS. The fourth-order valence-electron chi connectivity index (χ4n) is 3.28. The van der Waals surface area contributed by atoms with E-state index in [4.69, 9.17) is 11.6 Å². The standard InChI is InChI=1S/C19H15BrClF3N4OS/c20-15-16(18(29)25-9-10-3-5-11(21)6-4-10)27-28-14(19(22,23)24)8-12(26-17(15)28)13-2-1-7-30-13/h1-7,12,14,26H,8-9H2,(H,25,29)/t12-,14+/m0/s1. The minimum atomic E-state index is -4.51. The van der Waals surface area contributed by atoms with Crippen LogP contribution in [0.2, 0.25) is 5.02 Å². The number of nitrogens with zero attached hydrogens (tertiary/aromatic N) is 2. The lowest BCUT2D eigenvalue weighted by Crippen LogP contribution is -2.35. The summed E-state index contributed by atoms with van der Waals surface area (Å²) in [5.74, 6) is -0.437. The maximum atomic E-state index is 13.8. The van der Waals surface area contributed by atoms with E-state index in [1.807, 2.05) is 5.38 Å². The first-order chi connectivity index (χ1) is 14.2. The van der Waals surface area contributed by atoms with Gasteiger partial charge in [0.1, 0.15) is 5.82 Å². The zero-order chi connectivity index (χ0) is 21.5. The van der Waals surface area contributed by atoms with Gasteiger partial charge >= 0.3 is 6.18 Å². The SMILES string of the molecule is O=C(NCc1ccc(Cl)cc1)c1nn2c(c1Br)N[C@H](c1cccs1)C[C@@H]2C(F)(F)F. The Bertz CT molecular complexity index is 1050. The number of benzene rings is 1. The van der Waals surface area contributed by atoms with E-state index in [-0.39, 0.29) is 29.0 Å². The van der Waals surface area contributed by atoms with E-state index in [0.29, 0.717) is 5.02 Å². The number of nitrogens with one attached hydrogen (secondary N) is 2. The smallest absolute Gasteiger partial charge is 0.362 e. The number of carbonyl (C=O) groups excluding carboxylic acids is 1. The second-order valence-electron chi connectivity index (χ2n) is 6.77. The molecule has 4 rings (SSSR count). The number of hydrogen-bond donors (Lipinski definition) is 2. The second-order valence-corrected chi connectivity index (χ2v) is 8.98. The first-order valence-electron chi connectivity index (χ1n) is 8.91. The van der Waals surface area contributed by atoms with Crippen LogP contribution in [-0.4, -0.2) is 21.9 Å². The van der Waals surface area contributed by atoms with Gasteiger partial charge in [0.25, 0.3) is 5.91 Å². The molecule has 1 aliphatic heterocycles. The highest BCUT2D eigenvalue weighted by molar-refractivity contribution is 9.10. The molecule has 1 amide bonds. The fourth-order valence-corrected chi connectivity index (χ4v) is 4.75. The Balaban J connectivity index is 1.61. The minimum Gasteiger partial charge on any atom is -0.362 e. The van der Waals surface area contributed by atoms with Crippen molar-refractivity contribution in [3.8, 4) is 0 Å². The van der Waals surface area contributed by atoms with Crippen LogP contribution in [0.15, 0.2) is 46.3 Å². The van der Waals surface area contributed by atoms with Crippen LogP contribution in [0, 0.1) is 0 Å². The van der Waals surface area contributed by atoms with Crippen molar-refractivity contribution in [2.75, 3.05) is 5.32 Å². The number of thiophene rings is 1. The highest BCUT2D eigenvalue weighted by atomic mass is 79.9. The molecule has 11 heteroatoms. The average Bonchev–Trinajstić information content (AvgIpc) is 3.34. The van der Waals surface area contributed by atoms with Crippen molar-refractivity contribution in [3.63, 3.8) is 0 Å². The van der Waals surface area contributed by atoms with Gasteiger partial charge in [0.2, 0.25) is 0 Å². The molecule has 0 radical (unpaired) electrons. The van der Waals surface area contributed by atoms with Gasteiger partial charge in [-0.2, -0.15) is 18.3 Å². The predicted molar refractivity (Wildman–Crippen MR) is 113 cm³/mol. The molecule has 0 fully saturated rings. The molecule has 158 valence electrons. The summed E-state index contributed by atoms with van der Waals surface area (Å²) in [6.07, 6.45) is -4.72. The first-order valence-corrected chi connectivity index (χ1v) is 11.0. The highest BCUT2D eigenvalue weighted by Gasteiger charge is 2.47. The van der Waals surface area contributed by atoms with Crippen LogP contribution in [0.4, 0.5) is 19.0 Å². The third kappa shape index (κ3) is 4.21. The summed E-state index contributed by atoms with van der Waals surface area (Å²) in [7, 11) is 0. The maximum Gasteiger partial charge on any atom is 0.410 e. The van der Waals surface area contributed by atoms with Crippen LogP contribution >= 0.6 is 38.9 Å². The molecule has 0 bridgehead atoms. The minimum absolute atomic E-state index is 0.104. The van der Waals surface area contributed by atoms with Crippen molar-refractivity contribution in [3.05, 3.63) is 67.4 Å². The Morgan fingerprint density at radius 3 is 2.70 bits per heavy atom. The van der Waals surface area contributed by atoms with Crippen molar-refractivity contribution >= 4 is 50.6 Å². The number of anilines is 1. The number of alkyl halides is 3. The van der Waals surface area contributed by atoms with Crippen LogP contribution in [0.5, 0.6) is 0 Å². The second kappa shape index (κ2) is 8.24. The Kier molecular flexibility index (Phi) is 5.82. The Labute approximate surface area is 187 Å². The molecule has 0 spiro atoms. The van der Waals surface area contributed by atoms with Gasteiger partial charge in [-0.3, -0.25) is 4.79 Å². The average molecular weight is 520 g/mol. The largest absolute Gasteiger partial charge is 0.410 e. The van der Waals surface area contributed by atoms with E-state index in [1.165, 1.54) is 11.3 Å². The van der Waals surface area contributed by atoms with Crippen LogP contribution in [-0.2, 0) is 6.54 Å². The molecule has 2 aromatic heterocycles. The number of rotatable bonds is 4. The Morgan fingerprint density at radius 2 is 2.07 bits per heavy atom. The predicted octanol–water partition coefficient (Wildman–Crippen LogP) is 5.95. The Morgan fingerprint density at radius 1 is 1.33 bits per heavy atom. The van der Waals surface area contributed by atoms with Crippen molar-refractivity contribution in [2.24, 2.45) is 0 Å². The maximum absolute atomic E-state index is 13.8. The third-order valence-electron chi connectivity index (χ3n) is 4.76. The fraction of sp³-hybridized carbons (Fsp3) is 0.263. The molecule has 5 nitrogen and oxygen atoms in total. The molecule has 3 aromatic rings. The zero-order valence-corrected chi connectivity index (χ0v) is 18.4. The van der Waals surface area contributed by atoms with Gasteiger partial charge in [0.05, 0.1) is 10.5 Å². The summed E-state index contributed by atoms with van der Waals surface area (Å²) in [6.45, 7) is 0.193. The van der Waals surface area contributed by atoms with E-state index in [1.54, 1.807) is 36.4 Å². The summed E-state index contributed by atoms with van der Waals surface area (Å²) >= 11 is 10.5. The number of amides is 1. The quantitative estimate of drug-likeness (QED) is 0.448. The van der Waals surface area contributed by atoms with Gasteiger partial charge in [-0.25, -0.2) is 4.68 Å². The van der Waals surface area contributed by atoms with E-state index < -0.39 is 24.2 Å². The summed E-state index contributed by atoms with van der Waals surface area (Å²) in [5.41, 5.74) is 0.699. The summed E-state index contributed by atoms with van der Waals surface area (Å²) in [6, 6.07) is 8.10. The van der Waals surface area contributed by atoms with Crippen LogP contribution in [0.3, 0.4) is 0 Å². The van der Waals surface area contributed by atoms with Crippen molar-refractivity contribution in [1.29, 1.82) is 0 Å². The van der Waals surface area contributed by atoms with E-state index in [2.05, 4.69) is 31.7 Å². The van der Waals surface area contributed by atoms with Gasteiger partial charge in [-0.05, 0) is 45.1 Å². The van der Waals surface area contributed by atoms with Gasteiger partial charge in [0, 0.05) is 22.9 Å². The van der Waals surface area contributed by atoms with E-state index in [0.717, 1.165) is 15.1 Å². The number of halogens is 5. The molecule has 0 unspecified atom stereocenters. The van der Waals surface area contributed by atoms with Gasteiger partial charge in [0.15, 0.2) is 11.7 Å². The van der Waals surface area contributed by atoms with Gasteiger partial charge in [-0.1, -0.05) is 29.8 Å². The number of carbonyl (C=O) groups is 1. The zero-order valence-electron chi connectivity index (χ0n) is 15.2. The van der Waals surface area contributed by atoms with Crippen LogP contribution in [0.1, 0.15) is 39.4 Å². The lowest BCUT2D eigenvalue weighted by molar-refractivity contribution is -0.173. The normalized spacial score (nSPS) is 18.6. The Hall–Kier alpha value is -2.04. The van der Waals surface area contributed by atoms with Crippen LogP contribution < -0.4 is 10.6 Å². The first kappa shape index (κ1) is 21.2. The molecule has 1 aliphatic rings. The molecule has 0 saturated heterocycles. The third-order valence-corrected chi connectivity index (χ3v) is 6.75. The highest BCUT2D eigenvalue weighted by Crippen LogP contribution is 2.46. The van der Waals surface area contributed by atoms with Crippen molar-refractivity contribution in [2.45, 2.75) is 31.2 Å². The van der Waals surface area contributed by atoms with Crippen molar-refractivity contribution in [1.82, 2.24) is 15.1 Å². The van der Waals surface area contributed by atoms with Gasteiger partial charge < -0.3 is 10.6 Å². The summed E-state index contributed by atoms with van der Waals surface area (Å²) in [4.78, 5) is 13.4. The monoisotopic (exact) mass is 518 g/mol. The lowest BCUT2D eigenvalue weighted by atomic mass is 10.0.